The van der Waals surface area contributed by atoms with E-state index in [0.29, 0.717) is 11.4 Å². The van der Waals surface area contributed by atoms with Crippen molar-refractivity contribution in [1.82, 2.24) is 0 Å². The van der Waals surface area contributed by atoms with Gasteiger partial charge in [0, 0.05) is 0 Å². The lowest BCUT2D eigenvalue weighted by molar-refractivity contribution is -0.137. The third-order valence-electron chi connectivity index (χ3n) is 2.86. The molecular weight excluding hydrogens is 289 g/mol. The number of benzene rings is 2. The van der Waals surface area contributed by atoms with E-state index in [4.69, 9.17) is 17.3 Å². The monoisotopic (exact) mass is 300 g/mol. The molecule has 0 unspecified atom stereocenters. The van der Waals surface area contributed by atoms with Gasteiger partial charge in [-0.05, 0) is 36.8 Å². The number of aryl methyl sites for hydroxylation is 1. The normalized spacial score (nSPS) is 11.4. The molecule has 0 saturated heterocycles. The Labute approximate surface area is 119 Å². The number of nitrogens with one attached hydrogen (secondary N) is 1. The predicted molar refractivity (Wildman–Crippen MR) is 75.3 cm³/mol. The molecule has 0 aliphatic rings. The molecule has 0 radical (unpaired) electrons. The van der Waals surface area contributed by atoms with Crippen molar-refractivity contribution in [1.29, 1.82) is 0 Å². The third-order valence-corrected chi connectivity index (χ3v) is 3.19. The van der Waals surface area contributed by atoms with Crippen molar-refractivity contribution < 1.29 is 13.2 Å². The second-order valence-corrected chi connectivity index (χ2v) is 4.76. The molecule has 3 N–H and O–H groups in total. The SMILES string of the molecule is Cc1cccc(N)c1Nc1cc(C(F)(F)F)ccc1Cl. The molecule has 6 heteroatoms. The van der Waals surface area contributed by atoms with Gasteiger partial charge in [-0.15, -0.1) is 0 Å². The molecule has 20 heavy (non-hydrogen) atoms. The van der Waals surface area contributed by atoms with E-state index in [2.05, 4.69) is 5.32 Å². The average molecular weight is 301 g/mol. The van der Waals surface area contributed by atoms with E-state index in [1.165, 1.54) is 6.07 Å². The molecule has 0 aliphatic heterocycles. The molecule has 0 bridgehead atoms. The van der Waals surface area contributed by atoms with Crippen LogP contribution in [0.2, 0.25) is 5.02 Å². The van der Waals surface area contributed by atoms with Crippen LogP contribution in [0.25, 0.3) is 0 Å². The van der Waals surface area contributed by atoms with Crippen LogP contribution in [0.3, 0.4) is 0 Å². The molecule has 0 heterocycles. The molecule has 0 saturated carbocycles. The second kappa shape index (κ2) is 5.25. The highest BCUT2D eigenvalue weighted by atomic mass is 35.5. The van der Waals surface area contributed by atoms with Crippen LogP contribution in [-0.2, 0) is 6.18 Å². The van der Waals surface area contributed by atoms with Crippen molar-refractivity contribution in [2.75, 3.05) is 11.1 Å². The lowest BCUT2D eigenvalue weighted by Crippen LogP contribution is -2.06. The van der Waals surface area contributed by atoms with E-state index in [0.717, 1.165) is 17.7 Å². The molecule has 2 nitrogen and oxygen atoms in total. The van der Waals surface area contributed by atoms with Gasteiger partial charge in [0.1, 0.15) is 0 Å². The van der Waals surface area contributed by atoms with Gasteiger partial charge in [0.25, 0.3) is 0 Å². The second-order valence-electron chi connectivity index (χ2n) is 4.36. The number of para-hydroxylation sites is 1. The summed E-state index contributed by atoms with van der Waals surface area (Å²) in [5.41, 5.74) is 7.03. The number of halogens is 4. The summed E-state index contributed by atoms with van der Waals surface area (Å²) in [5.74, 6) is 0. The van der Waals surface area contributed by atoms with Crippen LogP contribution in [0.4, 0.5) is 30.2 Å². The zero-order valence-corrected chi connectivity index (χ0v) is 11.3. The van der Waals surface area contributed by atoms with Gasteiger partial charge < -0.3 is 11.1 Å². The number of nitrogen functional groups attached to an aromatic ring is 1. The fraction of sp³-hybridized carbons (Fsp3) is 0.143. The Hall–Kier alpha value is -1.88. The molecule has 0 fully saturated rings. The fourth-order valence-electron chi connectivity index (χ4n) is 1.79. The maximum atomic E-state index is 12.7. The maximum Gasteiger partial charge on any atom is 0.416 e. The summed E-state index contributed by atoms with van der Waals surface area (Å²) in [6.45, 7) is 1.81. The van der Waals surface area contributed by atoms with Gasteiger partial charge in [-0.3, -0.25) is 0 Å². The molecular formula is C14H12ClF3N2. The van der Waals surface area contributed by atoms with Gasteiger partial charge in [0.15, 0.2) is 0 Å². The molecule has 2 aromatic rings. The smallest absolute Gasteiger partial charge is 0.397 e. The summed E-state index contributed by atoms with van der Waals surface area (Å²) in [7, 11) is 0. The zero-order valence-electron chi connectivity index (χ0n) is 10.6. The molecule has 2 rings (SSSR count). The topological polar surface area (TPSA) is 38.0 Å². The summed E-state index contributed by atoms with van der Waals surface area (Å²) in [6.07, 6.45) is -4.42. The largest absolute Gasteiger partial charge is 0.416 e. The Morgan fingerprint density at radius 2 is 1.85 bits per heavy atom. The van der Waals surface area contributed by atoms with Crippen molar-refractivity contribution in [2.45, 2.75) is 13.1 Å². The predicted octanol–water partition coefficient (Wildman–Crippen LogP) is 4.99. The summed E-state index contributed by atoms with van der Waals surface area (Å²) in [6, 6.07) is 8.35. The first-order chi connectivity index (χ1) is 9.29. The number of hydrogen-bond donors (Lipinski definition) is 2. The van der Waals surface area contributed by atoms with E-state index in [1.807, 2.05) is 0 Å². The third kappa shape index (κ3) is 2.99. The minimum absolute atomic E-state index is 0.169. The van der Waals surface area contributed by atoms with Crippen molar-refractivity contribution in [3.05, 3.63) is 52.5 Å². The fourth-order valence-corrected chi connectivity index (χ4v) is 1.96. The molecule has 0 amide bonds. The minimum atomic E-state index is -4.42. The van der Waals surface area contributed by atoms with Crippen LogP contribution in [0.15, 0.2) is 36.4 Å². The van der Waals surface area contributed by atoms with Crippen LogP contribution in [-0.4, -0.2) is 0 Å². The quantitative estimate of drug-likeness (QED) is 0.767. The van der Waals surface area contributed by atoms with Gasteiger partial charge in [-0.1, -0.05) is 23.7 Å². The summed E-state index contributed by atoms with van der Waals surface area (Å²) >= 11 is 5.93. The van der Waals surface area contributed by atoms with Gasteiger partial charge in [0.05, 0.1) is 27.6 Å². The first kappa shape index (κ1) is 14.5. The number of hydrogen-bond acceptors (Lipinski definition) is 2. The lowest BCUT2D eigenvalue weighted by atomic mass is 10.1. The molecule has 0 aliphatic carbocycles. The molecule has 2 aromatic carbocycles. The summed E-state index contributed by atoms with van der Waals surface area (Å²) < 4.78 is 38.1. The Bertz CT molecular complexity index is 619. The van der Waals surface area contributed by atoms with E-state index in [1.54, 1.807) is 25.1 Å². The van der Waals surface area contributed by atoms with Crippen molar-refractivity contribution in [2.24, 2.45) is 0 Å². The zero-order chi connectivity index (χ0) is 14.9. The molecule has 0 aromatic heterocycles. The Kier molecular flexibility index (Phi) is 3.81. The Morgan fingerprint density at radius 1 is 1.15 bits per heavy atom. The lowest BCUT2D eigenvalue weighted by Gasteiger charge is -2.15. The van der Waals surface area contributed by atoms with Crippen LogP contribution in [0.1, 0.15) is 11.1 Å². The van der Waals surface area contributed by atoms with Gasteiger partial charge in [0.2, 0.25) is 0 Å². The highest BCUT2D eigenvalue weighted by molar-refractivity contribution is 6.33. The van der Waals surface area contributed by atoms with Crippen LogP contribution < -0.4 is 11.1 Å². The van der Waals surface area contributed by atoms with Crippen LogP contribution in [0, 0.1) is 6.92 Å². The number of anilines is 3. The average Bonchev–Trinajstić information content (AvgIpc) is 2.34. The molecule has 0 atom stereocenters. The van der Waals surface area contributed by atoms with Crippen molar-refractivity contribution in [3.63, 3.8) is 0 Å². The highest BCUT2D eigenvalue weighted by Crippen LogP contribution is 2.36. The van der Waals surface area contributed by atoms with Crippen LogP contribution >= 0.6 is 11.6 Å². The van der Waals surface area contributed by atoms with Crippen molar-refractivity contribution in [3.8, 4) is 0 Å². The van der Waals surface area contributed by atoms with Crippen molar-refractivity contribution >= 4 is 28.7 Å². The van der Waals surface area contributed by atoms with Gasteiger partial charge >= 0.3 is 6.18 Å². The van der Waals surface area contributed by atoms with E-state index in [-0.39, 0.29) is 10.7 Å². The number of nitrogens with two attached hydrogens (primary N) is 1. The Balaban J connectivity index is 2.43. The summed E-state index contributed by atoms with van der Waals surface area (Å²) in [4.78, 5) is 0. The minimum Gasteiger partial charge on any atom is -0.397 e. The van der Waals surface area contributed by atoms with Gasteiger partial charge in [-0.2, -0.15) is 13.2 Å². The number of alkyl halides is 3. The van der Waals surface area contributed by atoms with E-state index >= 15 is 0 Å². The highest BCUT2D eigenvalue weighted by Gasteiger charge is 2.31. The molecule has 106 valence electrons. The maximum absolute atomic E-state index is 12.7. The van der Waals surface area contributed by atoms with E-state index in [9.17, 15) is 13.2 Å². The number of rotatable bonds is 2. The first-order valence-electron chi connectivity index (χ1n) is 5.78. The first-order valence-corrected chi connectivity index (χ1v) is 6.15. The Morgan fingerprint density at radius 3 is 2.45 bits per heavy atom. The standard InChI is InChI=1S/C14H12ClF3N2/c1-8-3-2-4-11(19)13(8)20-12-7-9(14(16,17)18)5-6-10(12)15/h2-7,20H,19H2,1H3. The van der Waals surface area contributed by atoms with Crippen LogP contribution in [0.5, 0.6) is 0 Å². The molecule has 0 spiro atoms. The van der Waals surface area contributed by atoms with E-state index < -0.39 is 11.7 Å². The van der Waals surface area contributed by atoms with Gasteiger partial charge in [-0.25, -0.2) is 0 Å². The summed E-state index contributed by atoms with van der Waals surface area (Å²) in [5, 5.41) is 3.06.